The van der Waals surface area contributed by atoms with Gasteiger partial charge in [0.05, 0.1) is 0 Å². The number of piperidine rings is 2. The molecule has 31 heavy (non-hydrogen) atoms. The summed E-state index contributed by atoms with van der Waals surface area (Å²) in [6.07, 6.45) is 3.48. The summed E-state index contributed by atoms with van der Waals surface area (Å²) in [4.78, 5) is 29.7. The smallest absolute Gasteiger partial charge is 0.319 e. The largest absolute Gasteiger partial charge is 0.326 e. The van der Waals surface area contributed by atoms with Gasteiger partial charge in [-0.3, -0.25) is 4.79 Å². The first-order valence-corrected chi connectivity index (χ1v) is 11.5. The Morgan fingerprint density at radius 2 is 1.52 bits per heavy atom. The Kier molecular flexibility index (Phi) is 6.71. The van der Waals surface area contributed by atoms with Gasteiger partial charge in [-0.05, 0) is 49.7 Å². The van der Waals surface area contributed by atoms with Crippen molar-refractivity contribution in [2.75, 3.05) is 26.2 Å². The highest BCUT2D eigenvalue weighted by molar-refractivity contribution is 5.98. The van der Waals surface area contributed by atoms with E-state index in [1.807, 2.05) is 41.0 Å². The molecule has 5 heteroatoms. The van der Waals surface area contributed by atoms with Crippen LogP contribution in [-0.2, 0) is 6.54 Å². The summed E-state index contributed by atoms with van der Waals surface area (Å²) in [5.74, 6) is 0.730. The Bertz CT molecular complexity index is 909. The van der Waals surface area contributed by atoms with Gasteiger partial charge >= 0.3 is 6.03 Å². The highest BCUT2D eigenvalue weighted by Crippen LogP contribution is 2.30. The number of carbonyl (C=O) groups is 2. The number of carbonyl (C=O) groups excluding carboxylic acids is 2. The molecule has 0 radical (unpaired) electrons. The number of likely N-dealkylation sites (tertiary alicyclic amines) is 2. The predicted octanol–water partition coefficient (Wildman–Crippen LogP) is 4.35. The molecule has 0 atom stereocenters. The highest BCUT2D eigenvalue weighted by Gasteiger charge is 2.31. The summed E-state index contributed by atoms with van der Waals surface area (Å²) in [6, 6.07) is 16.5. The van der Waals surface area contributed by atoms with Crippen LogP contribution in [0.5, 0.6) is 0 Å². The number of hydrogen-bond donors (Lipinski definition) is 1. The van der Waals surface area contributed by atoms with Gasteiger partial charge < -0.3 is 15.5 Å². The topological polar surface area (TPSA) is 66.6 Å². The third kappa shape index (κ3) is 4.99. The highest BCUT2D eigenvalue weighted by atomic mass is 16.2. The summed E-state index contributed by atoms with van der Waals surface area (Å²) in [7, 11) is 0. The first-order chi connectivity index (χ1) is 15.0. The molecular weight excluding hydrogens is 386 g/mol. The molecule has 2 aromatic carbocycles. The average molecular weight is 420 g/mol. The van der Waals surface area contributed by atoms with Crippen molar-refractivity contribution >= 4 is 11.8 Å². The summed E-state index contributed by atoms with van der Waals surface area (Å²) in [5, 5.41) is 0. The lowest BCUT2D eigenvalue weighted by molar-refractivity contribution is 0.0825. The second-order valence-electron chi connectivity index (χ2n) is 8.98. The molecule has 164 valence electrons. The van der Waals surface area contributed by atoms with E-state index in [9.17, 15) is 9.59 Å². The summed E-state index contributed by atoms with van der Waals surface area (Å²) in [6.45, 7) is 5.50. The lowest BCUT2D eigenvalue weighted by Gasteiger charge is -2.38. The van der Waals surface area contributed by atoms with E-state index < -0.39 is 0 Å². The molecule has 0 saturated carbocycles. The van der Waals surface area contributed by atoms with Gasteiger partial charge in [-0.15, -0.1) is 0 Å². The van der Waals surface area contributed by atoms with Gasteiger partial charge in [0.2, 0.25) is 0 Å². The zero-order valence-corrected chi connectivity index (χ0v) is 18.4. The molecular formula is C26H33N3O2. The normalized spacial score (nSPS) is 18.3. The minimum Gasteiger partial charge on any atom is -0.326 e. The fourth-order valence-corrected chi connectivity index (χ4v) is 4.86. The summed E-state index contributed by atoms with van der Waals surface area (Å²) in [5.41, 5.74) is 10.2. The molecule has 4 rings (SSSR count). The predicted molar refractivity (Wildman–Crippen MR) is 123 cm³/mol. The van der Waals surface area contributed by atoms with Gasteiger partial charge in [-0.2, -0.15) is 0 Å². The maximum atomic E-state index is 13.0. The van der Waals surface area contributed by atoms with Crippen molar-refractivity contribution in [1.29, 1.82) is 0 Å². The third-order valence-corrected chi connectivity index (χ3v) is 6.90. The van der Waals surface area contributed by atoms with Crippen molar-refractivity contribution < 1.29 is 9.59 Å². The fraction of sp³-hybridized carbons (Fsp3) is 0.462. The Morgan fingerprint density at radius 1 is 0.903 bits per heavy atom. The molecule has 5 nitrogen and oxygen atoms in total. The molecule has 2 aliphatic heterocycles. The van der Waals surface area contributed by atoms with Crippen LogP contribution in [0.1, 0.15) is 58.6 Å². The van der Waals surface area contributed by atoms with Crippen molar-refractivity contribution in [2.24, 2.45) is 11.7 Å². The van der Waals surface area contributed by atoms with Gasteiger partial charge in [0.1, 0.15) is 0 Å². The van der Waals surface area contributed by atoms with Crippen LogP contribution in [-0.4, -0.2) is 47.8 Å². The first kappa shape index (κ1) is 21.6. The number of nitrogens with two attached hydrogens (primary N) is 1. The van der Waals surface area contributed by atoms with Crippen molar-refractivity contribution in [1.82, 2.24) is 9.80 Å². The van der Waals surface area contributed by atoms with Crippen LogP contribution < -0.4 is 5.73 Å². The maximum Gasteiger partial charge on any atom is 0.319 e. The number of nitrogens with zero attached hydrogens (tertiary/aromatic N) is 2. The van der Waals surface area contributed by atoms with E-state index in [-0.39, 0.29) is 17.7 Å². The molecule has 0 bridgehead atoms. The SMILES string of the molecule is Cc1ccc(C(=O)C2CCN(C(=O)N3CCC(c4cccc(CN)c4)CC3)CC2)cc1. The number of urea groups is 1. The number of Topliss-reactive ketones (excluding diaryl/α,β-unsaturated/α-hetero) is 1. The fourth-order valence-electron chi connectivity index (χ4n) is 4.86. The molecule has 2 aliphatic rings. The molecule has 2 N–H and O–H groups in total. The average Bonchev–Trinajstić information content (AvgIpc) is 2.84. The van der Waals surface area contributed by atoms with Crippen molar-refractivity contribution in [3.05, 3.63) is 70.8 Å². The standard InChI is InChI=1S/C26H33N3O2/c1-19-5-7-22(8-6-19)25(30)23-11-15-29(16-12-23)26(31)28-13-9-21(10-14-28)24-4-2-3-20(17-24)18-27/h2-8,17,21,23H,9-16,18,27H2,1H3. The zero-order chi connectivity index (χ0) is 21.8. The second kappa shape index (κ2) is 9.65. The second-order valence-corrected chi connectivity index (χ2v) is 8.98. The Labute approximate surface area is 185 Å². The van der Waals surface area contributed by atoms with E-state index in [1.165, 1.54) is 11.1 Å². The van der Waals surface area contributed by atoms with E-state index in [2.05, 4.69) is 24.3 Å². The lowest BCUT2D eigenvalue weighted by Crippen LogP contribution is -2.49. The Morgan fingerprint density at radius 3 is 2.13 bits per heavy atom. The molecule has 0 unspecified atom stereocenters. The van der Waals surface area contributed by atoms with Crippen LogP contribution in [0, 0.1) is 12.8 Å². The Balaban J connectivity index is 1.27. The first-order valence-electron chi connectivity index (χ1n) is 11.5. The van der Waals surface area contributed by atoms with E-state index in [4.69, 9.17) is 5.73 Å². The van der Waals surface area contributed by atoms with Crippen LogP contribution >= 0.6 is 0 Å². The number of hydrogen-bond acceptors (Lipinski definition) is 3. The summed E-state index contributed by atoms with van der Waals surface area (Å²) >= 11 is 0. The maximum absolute atomic E-state index is 13.0. The quantitative estimate of drug-likeness (QED) is 0.750. The number of benzene rings is 2. The summed E-state index contributed by atoms with van der Waals surface area (Å²) < 4.78 is 0. The number of amides is 2. The van der Waals surface area contributed by atoms with E-state index in [0.29, 0.717) is 25.6 Å². The van der Waals surface area contributed by atoms with E-state index >= 15 is 0 Å². The molecule has 0 aromatic heterocycles. The molecule has 2 saturated heterocycles. The van der Waals surface area contributed by atoms with Crippen molar-refractivity contribution in [2.45, 2.75) is 45.1 Å². The molecule has 2 fully saturated rings. The monoisotopic (exact) mass is 419 g/mol. The molecule has 2 amide bonds. The van der Waals surface area contributed by atoms with Crippen molar-refractivity contribution in [3.8, 4) is 0 Å². The zero-order valence-electron chi connectivity index (χ0n) is 18.4. The van der Waals surface area contributed by atoms with Gasteiger partial charge in [-0.25, -0.2) is 4.79 Å². The number of rotatable bonds is 4. The minimum atomic E-state index is 0.0207. The van der Waals surface area contributed by atoms with Crippen LogP contribution in [0.2, 0.25) is 0 Å². The van der Waals surface area contributed by atoms with E-state index in [0.717, 1.165) is 49.9 Å². The minimum absolute atomic E-state index is 0.0207. The van der Waals surface area contributed by atoms with Gasteiger partial charge in [0, 0.05) is 44.2 Å². The number of aryl methyl sites for hydroxylation is 1. The van der Waals surface area contributed by atoms with Crippen LogP contribution in [0.25, 0.3) is 0 Å². The number of ketones is 1. The van der Waals surface area contributed by atoms with E-state index in [1.54, 1.807) is 0 Å². The van der Waals surface area contributed by atoms with Gasteiger partial charge in [0.25, 0.3) is 0 Å². The van der Waals surface area contributed by atoms with Crippen LogP contribution in [0.15, 0.2) is 48.5 Å². The van der Waals surface area contributed by atoms with Gasteiger partial charge in [0.15, 0.2) is 5.78 Å². The molecule has 0 aliphatic carbocycles. The van der Waals surface area contributed by atoms with Crippen molar-refractivity contribution in [3.63, 3.8) is 0 Å². The van der Waals surface area contributed by atoms with Crippen LogP contribution in [0.3, 0.4) is 0 Å². The van der Waals surface area contributed by atoms with Crippen LogP contribution in [0.4, 0.5) is 4.79 Å². The lowest BCUT2D eigenvalue weighted by atomic mass is 9.88. The van der Waals surface area contributed by atoms with Gasteiger partial charge in [-0.1, -0.05) is 54.1 Å². The molecule has 2 heterocycles. The Hall–Kier alpha value is -2.66. The third-order valence-electron chi connectivity index (χ3n) is 6.90. The molecule has 0 spiro atoms. The molecule has 2 aromatic rings.